The summed E-state index contributed by atoms with van der Waals surface area (Å²) in [6.45, 7) is 7.36. The van der Waals surface area contributed by atoms with Gasteiger partial charge in [0.05, 0.1) is 16.7 Å². The molecule has 0 N–H and O–H groups in total. The molecule has 0 bridgehead atoms. The predicted octanol–water partition coefficient (Wildman–Crippen LogP) is 0.678. The summed E-state index contributed by atoms with van der Waals surface area (Å²) < 4.78 is 28.8. The second-order valence-corrected chi connectivity index (χ2v) is 8.53. The molecule has 0 amide bonds. The molecule has 3 heterocycles. The van der Waals surface area contributed by atoms with Crippen LogP contribution in [0.3, 0.4) is 0 Å². The number of nitrogens with zero attached hydrogens (tertiary/aromatic N) is 3. The maximum atomic E-state index is 11.9. The van der Waals surface area contributed by atoms with E-state index in [0.717, 1.165) is 56.8 Å². The molecule has 3 rings (SSSR count). The standard InChI is InChI=1S/C14H23N3O3S/c1-12-13(11-20-15-12)9-16-4-6-17(7-5-16)10-14-3-2-8-21(14,18)19/h11,14H,2-10H2,1H3. The fourth-order valence-electron chi connectivity index (χ4n) is 3.19. The van der Waals surface area contributed by atoms with Gasteiger partial charge in [-0.3, -0.25) is 9.80 Å². The Kier molecular flexibility index (Phi) is 4.33. The number of rotatable bonds is 4. The van der Waals surface area contributed by atoms with Gasteiger partial charge >= 0.3 is 0 Å². The summed E-state index contributed by atoms with van der Waals surface area (Å²) in [4.78, 5) is 4.67. The van der Waals surface area contributed by atoms with Gasteiger partial charge in [-0.25, -0.2) is 8.42 Å². The van der Waals surface area contributed by atoms with Crippen molar-refractivity contribution in [2.75, 3.05) is 38.5 Å². The van der Waals surface area contributed by atoms with Crippen molar-refractivity contribution in [2.45, 2.75) is 31.6 Å². The lowest BCUT2D eigenvalue weighted by molar-refractivity contribution is 0.126. The van der Waals surface area contributed by atoms with Gasteiger partial charge in [-0.1, -0.05) is 5.16 Å². The topological polar surface area (TPSA) is 66.7 Å². The van der Waals surface area contributed by atoms with E-state index in [1.807, 2.05) is 6.92 Å². The Labute approximate surface area is 126 Å². The minimum absolute atomic E-state index is 0.135. The van der Waals surface area contributed by atoms with Crippen LogP contribution in [-0.4, -0.2) is 67.1 Å². The first-order valence-corrected chi connectivity index (χ1v) is 9.32. The molecule has 118 valence electrons. The van der Waals surface area contributed by atoms with E-state index in [9.17, 15) is 8.42 Å². The number of hydrogen-bond donors (Lipinski definition) is 0. The van der Waals surface area contributed by atoms with Crippen molar-refractivity contribution in [3.8, 4) is 0 Å². The SMILES string of the molecule is Cc1nocc1CN1CCN(CC2CCCS2(=O)=O)CC1. The molecule has 6 nitrogen and oxygen atoms in total. The lowest BCUT2D eigenvalue weighted by atomic mass is 10.2. The van der Waals surface area contributed by atoms with Crippen LogP contribution in [0.1, 0.15) is 24.1 Å². The van der Waals surface area contributed by atoms with Gasteiger partial charge in [-0.05, 0) is 19.8 Å². The summed E-state index contributed by atoms with van der Waals surface area (Å²) in [5, 5.41) is 3.77. The maximum absolute atomic E-state index is 11.9. The average molecular weight is 313 g/mol. The van der Waals surface area contributed by atoms with Gasteiger partial charge < -0.3 is 4.52 Å². The largest absolute Gasteiger partial charge is 0.364 e. The van der Waals surface area contributed by atoms with E-state index in [1.165, 1.54) is 0 Å². The number of aromatic nitrogens is 1. The first-order valence-electron chi connectivity index (χ1n) is 7.61. The predicted molar refractivity (Wildman–Crippen MR) is 79.8 cm³/mol. The molecule has 0 aromatic carbocycles. The number of hydrogen-bond acceptors (Lipinski definition) is 6. The minimum Gasteiger partial charge on any atom is -0.364 e. The Bertz CT molecular complexity index is 576. The van der Waals surface area contributed by atoms with Crippen molar-refractivity contribution in [1.82, 2.24) is 15.0 Å². The molecule has 21 heavy (non-hydrogen) atoms. The van der Waals surface area contributed by atoms with Gasteiger partial charge in [-0.15, -0.1) is 0 Å². The zero-order valence-electron chi connectivity index (χ0n) is 12.5. The average Bonchev–Trinajstić information content (AvgIpc) is 2.99. The fourth-order valence-corrected chi connectivity index (χ4v) is 5.05. The molecule has 0 radical (unpaired) electrons. The lowest BCUT2D eigenvalue weighted by Gasteiger charge is -2.35. The minimum atomic E-state index is -2.82. The molecule has 1 aromatic rings. The molecule has 1 atom stereocenters. The smallest absolute Gasteiger partial charge is 0.154 e. The first-order chi connectivity index (χ1) is 10.0. The van der Waals surface area contributed by atoms with Crippen LogP contribution in [0.2, 0.25) is 0 Å². The van der Waals surface area contributed by atoms with Gasteiger partial charge in [0.25, 0.3) is 0 Å². The van der Waals surface area contributed by atoms with Crippen LogP contribution in [0, 0.1) is 6.92 Å². The highest BCUT2D eigenvalue weighted by Crippen LogP contribution is 2.21. The van der Waals surface area contributed by atoms with E-state index in [-0.39, 0.29) is 5.25 Å². The van der Waals surface area contributed by atoms with Crippen LogP contribution in [0.4, 0.5) is 0 Å². The number of aryl methyl sites for hydroxylation is 1. The Balaban J connectivity index is 1.48. The van der Waals surface area contributed by atoms with Crippen LogP contribution in [0.25, 0.3) is 0 Å². The van der Waals surface area contributed by atoms with E-state index in [1.54, 1.807) is 6.26 Å². The molecule has 2 aliphatic rings. The van der Waals surface area contributed by atoms with Crippen LogP contribution < -0.4 is 0 Å². The Morgan fingerprint density at radius 1 is 1.29 bits per heavy atom. The quantitative estimate of drug-likeness (QED) is 0.814. The van der Waals surface area contributed by atoms with E-state index in [4.69, 9.17) is 4.52 Å². The molecule has 0 spiro atoms. The molecular weight excluding hydrogens is 290 g/mol. The third-order valence-corrected chi connectivity index (χ3v) is 6.89. The first kappa shape index (κ1) is 15.0. The Morgan fingerprint density at radius 2 is 2.00 bits per heavy atom. The zero-order chi connectivity index (χ0) is 14.9. The summed E-state index contributed by atoms with van der Waals surface area (Å²) >= 11 is 0. The van der Waals surface area contributed by atoms with Crippen molar-refractivity contribution >= 4 is 9.84 Å². The Morgan fingerprint density at radius 3 is 2.57 bits per heavy atom. The van der Waals surface area contributed by atoms with E-state index in [2.05, 4.69) is 15.0 Å². The monoisotopic (exact) mass is 313 g/mol. The van der Waals surface area contributed by atoms with Crippen molar-refractivity contribution in [1.29, 1.82) is 0 Å². The van der Waals surface area contributed by atoms with Crippen LogP contribution in [0.15, 0.2) is 10.8 Å². The van der Waals surface area contributed by atoms with Crippen molar-refractivity contribution in [3.63, 3.8) is 0 Å². The third kappa shape index (κ3) is 3.46. The number of sulfone groups is 1. The van der Waals surface area contributed by atoms with E-state index < -0.39 is 9.84 Å². The summed E-state index contributed by atoms with van der Waals surface area (Å²) in [6.07, 6.45) is 3.38. The summed E-state index contributed by atoms with van der Waals surface area (Å²) in [7, 11) is -2.82. The van der Waals surface area contributed by atoms with Crippen molar-refractivity contribution < 1.29 is 12.9 Å². The fraction of sp³-hybridized carbons (Fsp3) is 0.786. The molecule has 2 saturated heterocycles. The molecule has 0 saturated carbocycles. The summed E-state index contributed by atoms with van der Waals surface area (Å²) in [5.74, 6) is 0.379. The highest BCUT2D eigenvalue weighted by atomic mass is 32.2. The van der Waals surface area contributed by atoms with Crippen LogP contribution in [0.5, 0.6) is 0 Å². The molecule has 2 aliphatic heterocycles. The molecular formula is C14H23N3O3S. The Hall–Kier alpha value is -0.920. The van der Waals surface area contributed by atoms with E-state index >= 15 is 0 Å². The molecule has 2 fully saturated rings. The molecule has 0 aliphatic carbocycles. The normalized spacial score (nSPS) is 27.2. The van der Waals surface area contributed by atoms with Crippen LogP contribution >= 0.6 is 0 Å². The number of piperazine rings is 1. The summed E-state index contributed by atoms with van der Waals surface area (Å²) in [5.41, 5.74) is 2.09. The van der Waals surface area contributed by atoms with Gasteiger partial charge in [0.1, 0.15) is 6.26 Å². The second kappa shape index (κ2) is 6.06. The second-order valence-electron chi connectivity index (χ2n) is 6.13. The summed E-state index contributed by atoms with van der Waals surface area (Å²) in [6, 6.07) is 0. The maximum Gasteiger partial charge on any atom is 0.154 e. The van der Waals surface area contributed by atoms with Crippen molar-refractivity contribution in [3.05, 3.63) is 17.5 Å². The van der Waals surface area contributed by atoms with E-state index in [0.29, 0.717) is 12.3 Å². The molecule has 1 unspecified atom stereocenters. The lowest BCUT2D eigenvalue weighted by Crippen LogP contribution is -2.48. The van der Waals surface area contributed by atoms with Gasteiger partial charge in [-0.2, -0.15) is 0 Å². The van der Waals surface area contributed by atoms with Gasteiger partial charge in [0, 0.05) is 44.8 Å². The highest BCUT2D eigenvalue weighted by molar-refractivity contribution is 7.92. The molecule has 1 aromatic heterocycles. The van der Waals surface area contributed by atoms with Crippen LogP contribution in [-0.2, 0) is 16.4 Å². The molecule has 7 heteroatoms. The van der Waals surface area contributed by atoms with Gasteiger partial charge in [0.15, 0.2) is 9.84 Å². The van der Waals surface area contributed by atoms with Gasteiger partial charge in [0.2, 0.25) is 0 Å². The third-order valence-electron chi connectivity index (χ3n) is 4.63. The highest BCUT2D eigenvalue weighted by Gasteiger charge is 2.33. The zero-order valence-corrected chi connectivity index (χ0v) is 13.3. The van der Waals surface area contributed by atoms with Crippen molar-refractivity contribution in [2.24, 2.45) is 0 Å².